The van der Waals surface area contributed by atoms with Gasteiger partial charge in [0.2, 0.25) is 0 Å². The molecule has 0 spiro atoms. The SMILES string of the molecule is Cc1ccc(-c2ccc3c(c2)c2ccccc2n3-c2cnccc2-c2ccc(C#N)cc2-n2c3ccccc3c3cc(-c4ccc(C)cc4C)ccc32)c(C)c1. The largest absolute Gasteiger partial charge is 0.309 e. The minimum absolute atomic E-state index is 0.605. The molecule has 0 unspecified atom stereocenters. The molecule has 0 fully saturated rings. The Morgan fingerprint density at radius 3 is 1.50 bits per heavy atom. The fourth-order valence-corrected chi connectivity index (χ4v) is 8.88. The maximum atomic E-state index is 10.3. The van der Waals surface area contributed by atoms with E-state index in [1.54, 1.807) is 0 Å². The highest BCUT2D eigenvalue weighted by molar-refractivity contribution is 6.12. The van der Waals surface area contributed by atoms with Crippen LogP contribution in [0.4, 0.5) is 0 Å². The Hall–Kier alpha value is -7.22. The first kappa shape index (κ1) is 33.4. The molecule has 0 radical (unpaired) electrons. The van der Waals surface area contributed by atoms with E-state index in [-0.39, 0.29) is 0 Å². The number of nitriles is 1. The van der Waals surface area contributed by atoms with E-state index in [0.29, 0.717) is 5.56 Å². The molecule has 10 aromatic rings. The van der Waals surface area contributed by atoms with Gasteiger partial charge in [-0.2, -0.15) is 5.26 Å². The lowest BCUT2D eigenvalue weighted by Crippen LogP contribution is -2.02. The Morgan fingerprint density at radius 1 is 0.446 bits per heavy atom. The molecular formula is C52H38N4. The third kappa shape index (κ3) is 5.24. The van der Waals surface area contributed by atoms with E-state index >= 15 is 0 Å². The molecule has 10 rings (SSSR count). The molecule has 0 amide bonds. The fourth-order valence-electron chi connectivity index (χ4n) is 8.88. The van der Waals surface area contributed by atoms with Crippen LogP contribution in [0.25, 0.3) is 88.4 Å². The zero-order valence-corrected chi connectivity index (χ0v) is 31.8. The Kier molecular flexibility index (Phi) is 7.73. The number of benzene rings is 7. The summed E-state index contributed by atoms with van der Waals surface area (Å²) >= 11 is 0. The molecule has 0 N–H and O–H groups in total. The average molecular weight is 719 g/mol. The predicted molar refractivity (Wildman–Crippen MR) is 233 cm³/mol. The van der Waals surface area contributed by atoms with Crippen molar-refractivity contribution in [2.75, 3.05) is 0 Å². The Balaban J connectivity index is 1.22. The number of nitrogens with zero attached hydrogens (tertiary/aromatic N) is 4. The van der Waals surface area contributed by atoms with Gasteiger partial charge in [-0.05, 0) is 116 Å². The number of hydrogen-bond donors (Lipinski definition) is 0. The molecule has 56 heavy (non-hydrogen) atoms. The number of aryl methyl sites for hydroxylation is 4. The molecule has 0 bridgehead atoms. The Morgan fingerprint density at radius 2 is 0.946 bits per heavy atom. The number of fused-ring (bicyclic) bond motifs is 6. The van der Waals surface area contributed by atoms with Gasteiger partial charge >= 0.3 is 0 Å². The van der Waals surface area contributed by atoms with Crippen molar-refractivity contribution in [3.8, 4) is 50.8 Å². The van der Waals surface area contributed by atoms with E-state index in [0.717, 1.165) is 44.6 Å². The molecule has 4 nitrogen and oxygen atoms in total. The van der Waals surface area contributed by atoms with Crippen LogP contribution in [0.1, 0.15) is 27.8 Å². The van der Waals surface area contributed by atoms with Crippen molar-refractivity contribution in [1.29, 1.82) is 5.26 Å². The maximum Gasteiger partial charge on any atom is 0.0992 e. The maximum absolute atomic E-state index is 10.3. The van der Waals surface area contributed by atoms with Crippen LogP contribution in [0.15, 0.2) is 158 Å². The van der Waals surface area contributed by atoms with E-state index in [4.69, 9.17) is 4.98 Å². The molecule has 0 aliphatic carbocycles. The highest BCUT2D eigenvalue weighted by atomic mass is 15.0. The molecule has 0 aliphatic rings. The summed E-state index contributed by atoms with van der Waals surface area (Å²) in [7, 11) is 0. The van der Waals surface area contributed by atoms with Gasteiger partial charge in [0, 0.05) is 38.9 Å². The van der Waals surface area contributed by atoms with Gasteiger partial charge in [-0.1, -0.05) is 102 Å². The minimum Gasteiger partial charge on any atom is -0.309 e. The van der Waals surface area contributed by atoms with Crippen molar-refractivity contribution < 1.29 is 0 Å². The van der Waals surface area contributed by atoms with Crippen molar-refractivity contribution >= 4 is 43.6 Å². The van der Waals surface area contributed by atoms with Gasteiger partial charge < -0.3 is 9.13 Å². The van der Waals surface area contributed by atoms with Crippen LogP contribution < -0.4 is 0 Å². The van der Waals surface area contributed by atoms with Crippen LogP contribution in [-0.2, 0) is 0 Å². The van der Waals surface area contributed by atoms with Crippen LogP contribution in [0.5, 0.6) is 0 Å². The number of para-hydroxylation sites is 2. The first-order valence-electron chi connectivity index (χ1n) is 19.1. The van der Waals surface area contributed by atoms with Gasteiger partial charge in [-0.3, -0.25) is 4.98 Å². The monoisotopic (exact) mass is 718 g/mol. The average Bonchev–Trinajstić information content (AvgIpc) is 3.73. The highest BCUT2D eigenvalue weighted by Crippen LogP contribution is 2.42. The molecule has 0 aliphatic heterocycles. The zero-order chi connectivity index (χ0) is 38.1. The molecule has 3 aromatic heterocycles. The van der Waals surface area contributed by atoms with Crippen LogP contribution in [0.3, 0.4) is 0 Å². The van der Waals surface area contributed by atoms with E-state index in [1.165, 1.54) is 66.1 Å². The summed E-state index contributed by atoms with van der Waals surface area (Å²) in [5.74, 6) is 0. The summed E-state index contributed by atoms with van der Waals surface area (Å²) in [5, 5.41) is 15.0. The van der Waals surface area contributed by atoms with Gasteiger partial charge in [0.25, 0.3) is 0 Å². The van der Waals surface area contributed by atoms with Crippen molar-refractivity contribution in [2.45, 2.75) is 27.7 Å². The predicted octanol–water partition coefficient (Wildman–Crippen LogP) is 13.4. The lowest BCUT2D eigenvalue weighted by Gasteiger charge is -2.18. The van der Waals surface area contributed by atoms with E-state index in [1.807, 2.05) is 24.5 Å². The topological polar surface area (TPSA) is 46.5 Å². The summed E-state index contributed by atoms with van der Waals surface area (Å²) < 4.78 is 4.68. The van der Waals surface area contributed by atoms with E-state index < -0.39 is 0 Å². The quantitative estimate of drug-likeness (QED) is 0.178. The molecule has 4 heteroatoms. The smallest absolute Gasteiger partial charge is 0.0992 e. The summed E-state index contributed by atoms with van der Waals surface area (Å²) in [4.78, 5) is 4.72. The molecule has 7 aromatic carbocycles. The molecule has 266 valence electrons. The van der Waals surface area contributed by atoms with Crippen LogP contribution in [-0.4, -0.2) is 14.1 Å². The lowest BCUT2D eigenvalue weighted by molar-refractivity contribution is 1.13. The molecule has 0 saturated heterocycles. The number of rotatable bonds is 5. The van der Waals surface area contributed by atoms with E-state index in [2.05, 4.69) is 176 Å². The normalized spacial score (nSPS) is 11.6. The van der Waals surface area contributed by atoms with E-state index in [9.17, 15) is 5.26 Å². The summed E-state index contributed by atoms with van der Waals surface area (Å²) in [6.07, 6.45) is 3.85. The van der Waals surface area contributed by atoms with Crippen LogP contribution in [0.2, 0.25) is 0 Å². The van der Waals surface area contributed by atoms with Crippen molar-refractivity contribution in [3.63, 3.8) is 0 Å². The van der Waals surface area contributed by atoms with Gasteiger partial charge in [0.05, 0.1) is 51.3 Å². The lowest BCUT2D eigenvalue weighted by atomic mass is 9.97. The fraction of sp³-hybridized carbons (Fsp3) is 0.0769. The molecular weight excluding hydrogens is 681 g/mol. The number of hydrogen-bond acceptors (Lipinski definition) is 2. The molecule has 0 saturated carbocycles. The number of pyridine rings is 1. The van der Waals surface area contributed by atoms with Gasteiger partial charge in [0.15, 0.2) is 0 Å². The third-order valence-electron chi connectivity index (χ3n) is 11.4. The second-order valence-electron chi connectivity index (χ2n) is 15.0. The Labute approximate surface area is 326 Å². The van der Waals surface area contributed by atoms with Crippen molar-refractivity contribution in [1.82, 2.24) is 14.1 Å². The van der Waals surface area contributed by atoms with Gasteiger partial charge in [0.1, 0.15) is 0 Å². The first-order valence-corrected chi connectivity index (χ1v) is 19.1. The van der Waals surface area contributed by atoms with Gasteiger partial charge in [-0.25, -0.2) is 0 Å². The van der Waals surface area contributed by atoms with Gasteiger partial charge in [-0.15, -0.1) is 0 Å². The number of aromatic nitrogens is 3. The summed E-state index contributed by atoms with van der Waals surface area (Å²) in [6.45, 7) is 8.65. The van der Waals surface area contributed by atoms with Crippen LogP contribution in [0, 0.1) is 39.0 Å². The second-order valence-corrected chi connectivity index (χ2v) is 15.0. The Bertz CT molecular complexity index is 3260. The zero-order valence-electron chi connectivity index (χ0n) is 31.8. The second kappa shape index (κ2) is 13.0. The van der Waals surface area contributed by atoms with Crippen LogP contribution >= 0.6 is 0 Å². The summed E-state index contributed by atoms with van der Waals surface area (Å²) in [5.41, 5.74) is 18.9. The van der Waals surface area contributed by atoms with Crippen molar-refractivity contribution in [3.05, 3.63) is 186 Å². The minimum atomic E-state index is 0.605. The third-order valence-corrected chi connectivity index (χ3v) is 11.4. The summed E-state index contributed by atoms with van der Waals surface area (Å²) in [6, 6.07) is 54.8. The van der Waals surface area contributed by atoms with Crippen molar-refractivity contribution in [2.24, 2.45) is 0 Å². The standard InChI is InChI=1S/C52H38N4/c1-32-13-18-39(34(3)25-32)37-16-21-49-45(28-37)41-9-5-7-11-47(41)55(49)51-27-36(30-53)15-20-43(51)44-23-24-54-31-52(44)56-48-12-8-6-10-42(48)46-29-38(17-22-50(46)56)40-19-14-33(2)26-35(40)4/h5-29,31H,1-4H3. The highest BCUT2D eigenvalue weighted by Gasteiger charge is 2.22. The molecule has 3 heterocycles. The molecule has 0 atom stereocenters. The first-order chi connectivity index (χ1) is 27.4.